The van der Waals surface area contributed by atoms with Gasteiger partial charge >= 0.3 is 5.97 Å². The molecule has 3 rings (SSSR count). The van der Waals surface area contributed by atoms with Crippen molar-refractivity contribution in [1.29, 1.82) is 0 Å². The molecule has 5 heteroatoms. The van der Waals surface area contributed by atoms with Gasteiger partial charge in [-0.25, -0.2) is 4.79 Å². The predicted octanol–water partition coefficient (Wildman–Crippen LogP) is 2.91. The van der Waals surface area contributed by atoms with E-state index in [1.165, 1.54) is 43.1 Å². The van der Waals surface area contributed by atoms with Crippen LogP contribution < -0.4 is 5.32 Å². The van der Waals surface area contributed by atoms with E-state index in [0.717, 1.165) is 5.56 Å². The molecule has 2 fully saturated rings. The van der Waals surface area contributed by atoms with Gasteiger partial charge < -0.3 is 14.6 Å². The number of hydrogen-bond donors (Lipinski definition) is 1. The molecule has 0 bridgehead atoms. The Kier molecular flexibility index (Phi) is 4.78. The maximum absolute atomic E-state index is 11.8. The first kappa shape index (κ1) is 16.8. The monoisotopic (exact) mass is 330 g/mol. The highest BCUT2D eigenvalue weighted by atomic mass is 16.5. The van der Waals surface area contributed by atoms with E-state index in [9.17, 15) is 9.59 Å². The third kappa shape index (κ3) is 4.08. The van der Waals surface area contributed by atoms with Crippen molar-refractivity contribution >= 4 is 18.0 Å². The Morgan fingerprint density at radius 2 is 2.04 bits per heavy atom. The smallest absolute Gasteiger partial charge is 0.331 e. The summed E-state index contributed by atoms with van der Waals surface area (Å²) in [6.07, 6.45) is 7.98. The van der Waals surface area contributed by atoms with Gasteiger partial charge in [-0.05, 0) is 70.1 Å². The van der Waals surface area contributed by atoms with Crippen molar-refractivity contribution in [2.45, 2.75) is 58.5 Å². The normalized spacial score (nSPS) is 18.6. The molecule has 130 valence electrons. The largest absolute Gasteiger partial charge is 0.452 e. The Bertz CT molecular complexity index is 666. The number of carbonyl (C=O) groups is 2. The van der Waals surface area contributed by atoms with Crippen molar-refractivity contribution in [1.82, 2.24) is 9.88 Å². The standard InChI is InChI=1S/C19H26N2O3/c1-12-10-16(14(3)21(12)17-7-8-17)6-9-19(23)24-11-18(22)20-13(2)15-4-5-15/h6,9-10,13,15,17H,4-5,7-8,11H2,1-3H3,(H,20,22)/b9-6+/t13-/m0/s1. The maximum Gasteiger partial charge on any atom is 0.331 e. The minimum atomic E-state index is -0.486. The highest BCUT2D eigenvalue weighted by molar-refractivity contribution is 5.89. The Morgan fingerprint density at radius 1 is 1.33 bits per heavy atom. The molecule has 1 atom stereocenters. The molecule has 0 spiro atoms. The van der Waals surface area contributed by atoms with E-state index in [4.69, 9.17) is 4.74 Å². The Morgan fingerprint density at radius 3 is 2.67 bits per heavy atom. The summed E-state index contributed by atoms with van der Waals surface area (Å²) in [6, 6.07) is 2.87. The average molecular weight is 330 g/mol. The second-order valence-corrected chi connectivity index (χ2v) is 7.06. The number of aromatic nitrogens is 1. The lowest BCUT2D eigenvalue weighted by molar-refractivity contribution is -0.144. The van der Waals surface area contributed by atoms with Gasteiger partial charge in [-0.15, -0.1) is 0 Å². The van der Waals surface area contributed by atoms with Gasteiger partial charge in [0.05, 0.1) is 0 Å². The number of aryl methyl sites for hydroxylation is 1. The molecule has 2 saturated carbocycles. The molecule has 1 heterocycles. The molecule has 2 aliphatic rings. The van der Waals surface area contributed by atoms with Crippen molar-refractivity contribution in [2.75, 3.05) is 6.61 Å². The molecule has 0 radical (unpaired) electrons. The first-order chi connectivity index (χ1) is 11.5. The van der Waals surface area contributed by atoms with E-state index in [1.54, 1.807) is 6.08 Å². The minimum absolute atomic E-state index is 0.166. The summed E-state index contributed by atoms with van der Waals surface area (Å²) in [5.74, 6) is -0.130. The molecule has 1 N–H and O–H groups in total. The zero-order chi connectivity index (χ0) is 17.3. The number of ether oxygens (including phenoxy) is 1. The van der Waals surface area contributed by atoms with Crippen molar-refractivity contribution in [3.8, 4) is 0 Å². The van der Waals surface area contributed by atoms with Crippen LogP contribution in [0.4, 0.5) is 0 Å². The van der Waals surface area contributed by atoms with Gasteiger partial charge in [-0.1, -0.05) is 0 Å². The number of esters is 1. The molecule has 2 aliphatic carbocycles. The van der Waals surface area contributed by atoms with Gasteiger partial charge in [0.2, 0.25) is 0 Å². The molecular weight excluding hydrogens is 304 g/mol. The van der Waals surface area contributed by atoms with E-state index in [1.807, 2.05) is 6.92 Å². The van der Waals surface area contributed by atoms with Crippen LogP contribution in [0.15, 0.2) is 12.1 Å². The first-order valence-corrected chi connectivity index (χ1v) is 8.78. The first-order valence-electron chi connectivity index (χ1n) is 8.78. The van der Waals surface area contributed by atoms with E-state index in [2.05, 4.69) is 29.8 Å². The quantitative estimate of drug-likeness (QED) is 0.618. The van der Waals surface area contributed by atoms with Crippen LogP contribution in [0.3, 0.4) is 0 Å². The number of hydrogen-bond acceptors (Lipinski definition) is 3. The summed E-state index contributed by atoms with van der Waals surface area (Å²) in [7, 11) is 0. The average Bonchev–Trinajstić information content (AvgIpc) is 3.42. The number of carbonyl (C=O) groups excluding carboxylic acids is 2. The van der Waals surface area contributed by atoms with Crippen LogP contribution in [-0.2, 0) is 14.3 Å². The van der Waals surface area contributed by atoms with Crippen molar-refractivity contribution in [2.24, 2.45) is 5.92 Å². The summed E-state index contributed by atoms with van der Waals surface area (Å²) in [5, 5.41) is 2.87. The highest BCUT2D eigenvalue weighted by Gasteiger charge is 2.29. The molecular formula is C19H26N2O3. The van der Waals surface area contributed by atoms with Gasteiger partial charge in [0, 0.05) is 29.5 Å². The van der Waals surface area contributed by atoms with Gasteiger partial charge in [0.15, 0.2) is 6.61 Å². The molecule has 5 nitrogen and oxygen atoms in total. The number of amides is 1. The summed E-state index contributed by atoms with van der Waals surface area (Å²) >= 11 is 0. The lowest BCUT2D eigenvalue weighted by Gasteiger charge is -2.12. The number of rotatable bonds is 7. The summed E-state index contributed by atoms with van der Waals surface area (Å²) < 4.78 is 7.35. The fraction of sp³-hybridized carbons (Fsp3) is 0.579. The van der Waals surface area contributed by atoms with Crippen LogP contribution in [-0.4, -0.2) is 29.1 Å². The third-order valence-electron chi connectivity index (χ3n) is 4.90. The zero-order valence-corrected chi connectivity index (χ0v) is 14.7. The van der Waals surface area contributed by atoms with Crippen LogP contribution in [0.1, 0.15) is 55.6 Å². The Balaban J connectivity index is 1.48. The molecule has 0 aliphatic heterocycles. The van der Waals surface area contributed by atoms with Gasteiger partial charge in [-0.3, -0.25) is 4.79 Å². The lowest BCUT2D eigenvalue weighted by Crippen LogP contribution is -2.36. The number of nitrogens with zero attached hydrogens (tertiary/aromatic N) is 1. The molecule has 0 unspecified atom stereocenters. The molecule has 0 saturated heterocycles. The second kappa shape index (κ2) is 6.83. The molecule has 1 amide bonds. The van der Waals surface area contributed by atoms with E-state index in [-0.39, 0.29) is 18.6 Å². The summed E-state index contributed by atoms with van der Waals surface area (Å²) in [5.41, 5.74) is 3.43. The van der Waals surface area contributed by atoms with Gasteiger partial charge in [0.25, 0.3) is 5.91 Å². The van der Waals surface area contributed by atoms with E-state index < -0.39 is 5.97 Å². The van der Waals surface area contributed by atoms with E-state index >= 15 is 0 Å². The van der Waals surface area contributed by atoms with Crippen molar-refractivity contribution in [3.63, 3.8) is 0 Å². The topological polar surface area (TPSA) is 60.3 Å². The van der Waals surface area contributed by atoms with Crippen LogP contribution in [0.5, 0.6) is 0 Å². The number of nitrogens with one attached hydrogen (secondary N) is 1. The fourth-order valence-electron chi connectivity index (χ4n) is 3.22. The minimum Gasteiger partial charge on any atom is -0.452 e. The third-order valence-corrected chi connectivity index (χ3v) is 4.90. The predicted molar refractivity (Wildman–Crippen MR) is 92.5 cm³/mol. The SMILES string of the molecule is Cc1cc(/C=C/C(=O)OCC(=O)N[C@@H](C)C2CC2)c(C)n1C1CC1. The van der Waals surface area contributed by atoms with Gasteiger partial charge in [-0.2, -0.15) is 0 Å². The molecule has 1 aromatic heterocycles. The zero-order valence-electron chi connectivity index (χ0n) is 14.7. The summed E-state index contributed by atoms with van der Waals surface area (Å²) in [6.45, 7) is 5.93. The molecule has 24 heavy (non-hydrogen) atoms. The maximum atomic E-state index is 11.8. The van der Waals surface area contributed by atoms with Crippen LogP contribution >= 0.6 is 0 Å². The highest BCUT2D eigenvalue weighted by Crippen LogP contribution is 2.38. The molecule has 0 aromatic carbocycles. The Labute approximate surface area is 143 Å². The van der Waals surface area contributed by atoms with Crippen molar-refractivity contribution < 1.29 is 14.3 Å². The summed E-state index contributed by atoms with van der Waals surface area (Å²) in [4.78, 5) is 23.5. The molecule has 1 aromatic rings. The van der Waals surface area contributed by atoms with Gasteiger partial charge in [0.1, 0.15) is 0 Å². The van der Waals surface area contributed by atoms with E-state index in [0.29, 0.717) is 12.0 Å². The van der Waals surface area contributed by atoms with Crippen LogP contribution in [0.25, 0.3) is 6.08 Å². The van der Waals surface area contributed by atoms with Crippen LogP contribution in [0, 0.1) is 19.8 Å². The van der Waals surface area contributed by atoms with Crippen LogP contribution in [0.2, 0.25) is 0 Å². The lowest BCUT2D eigenvalue weighted by atomic mass is 10.2. The van der Waals surface area contributed by atoms with Crippen molar-refractivity contribution in [3.05, 3.63) is 29.1 Å². The fourth-order valence-corrected chi connectivity index (χ4v) is 3.22. The Hall–Kier alpha value is -2.04. The second-order valence-electron chi connectivity index (χ2n) is 7.06.